The zero-order valence-corrected chi connectivity index (χ0v) is 22.1. The van der Waals surface area contributed by atoms with Crippen molar-refractivity contribution < 1.29 is 79.5 Å². The number of ether oxygens (including phenoxy) is 4. The first-order chi connectivity index (χ1) is 20.4. The van der Waals surface area contributed by atoms with Crippen LogP contribution in [0.5, 0.6) is 28.7 Å². The third-order valence-electron chi connectivity index (χ3n) is 7.26. The zero-order valence-electron chi connectivity index (χ0n) is 22.1. The zero-order chi connectivity index (χ0) is 31.2. The Balaban J connectivity index is 1.51. The van der Waals surface area contributed by atoms with Gasteiger partial charge in [0.05, 0.1) is 24.8 Å². The van der Waals surface area contributed by atoms with Crippen LogP contribution in [0.2, 0.25) is 0 Å². The number of aliphatic hydroxyl groups excluding tert-OH is 7. The smallest absolute Gasteiger partial charge is 0.402 e. The Labute approximate surface area is 242 Å². The Kier molecular flexibility index (Phi) is 8.77. The van der Waals surface area contributed by atoms with E-state index in [0.717, 1.165) is 18.2 Å². The van der Waals surface area contributed by atoms with Crippen LogP contribution in [-0.2, 0) is 14.2 Å². The highest BCUT2D eigenvalue weighted by molar-refractivity contribution is 5.88. The van der Waals surface area contributed by atoms with Gasteiger partial charge in [-0.25, -0.2) is 4.42 Å². The van der Waals surface area contributed by atoms with Gasteiger partial charge in [0, 0.05) is 18.2 Å². The minimum Gasteiger partial charge on any atom is -0.507 e. The van der Waals surface area contributed by atoms with E-state index in [2.05, 4.69) is 0 Å². The van der Waals surface area contributed by atoms with Crippen LogP contribution in [0.4, 0.5) is 0 Å². The highest BCUT2D eigenvalue weighted by atomic mass is 16.7. The Morgan fingerprint density at radius 2 is 1.35 bits per heavy atom. The Bertz CT molecular complexity index is 1450. The third-order valence-corrected chi connectivity index (χ3v) is 7.26. The number of hydrogen-bond donors (Lipinski definition) is 11. The van der Waals surface area contributed by atoms with Gasteiger partial charge in [-0.1, -0.05) is 0 Å². The van der Waals surface area contributed by atoms with Gasteiger partial charge in [0.25, 0.3) is 0 Å². The number of phenols is 4. The van der Waals surface area contributed by atoms with Gasteiger partial charge >= 0.3 is 11.3 Å². The second-order valence-corrected chi connectivity index (χ2v) is 10.1. The molecule has 2 aromatic carbocycles. The van der Waals surface area contributed by atoms with Gasteiger partial charge in [0.15, 0.2) is 17.8 Å². The standard InChI is InChI=1S/C27H30O16/c28-7-17-19(34)21(36)22(37)26(41-17)43-25-20(35)18(8-29)42-27(23(25)38)40-16-6-11-13(32)4-10(30)5-15(11)39-24(16)9-1-2-12(31)14(33)3-9/h1-6,17-23,25-29,34-38H,7-8H2,(H3-,30,31,32,33)/p+1/t17-,18-,19-,20-,21+,22-,23-,25+,26+,27-/m1/s1. The van der Waals surface area contributed by atoms with Crippen molar-refractivity contribution in [3.05, 3.63) is 36.4 Å². The molecule has 0 saturated carbocycles. The molecule has 3 aromatic rings. The molecule has 1 aromatic heterocycles. The molecule has 2 aliphatic rings. The number of aromatic hydroxyl groups is 4. The Morgan fingerprint density at radius 1 is 0.674 bits per heavy atom. The van der Waals surface area contributed by atoms with Crippen molar-refractivity contribution >= 4 is 11.0 Å². The maximum Gasteiger partial charge on any atom is 0.402 e. The topological polar surface area (TPSA) is 271 Å². The molecule has 3 heterocycles. The molecule has 2 saturated heterocycles. The van der Waals surface area contributed by atoms with Crippen LogP contribution in [0.25, 0.3) is 22.3 Å². The predicted molar refractivity (Wildman–Crippen MR) is 140 cm³/mol. The molecule has 2 aliphatic heterocycles. The van der Waals surface area contributed by atoms with E-state index in [1.807, 2.05) is 0 Å². The summed E-state index contributed by atoms with van der Waals surface area (Å²) in [5, 5.41) is 112. The molecule has 0 radical (unpaired) electrons. The average Bonchev–Trinajstić information content (AvgIpc) is 2.97. The normalized spacial score (nSPS) is 33.0. The fourth-order valence-electron chi connectivity index (χ4n) is 4.91. The molecule has 0 bridgehead atoms. The molecule has 234 valence electrons. The minimum absolute atomic E-state index is 0.0231. The summed E-state index contributed by atoms with van der Waals surface area (Å²) in [6.45, 7) is -1.57. The summed E-state index contributed by atoms with van der Waals surface area (Å²) < 4.78 is 28.2. The number of rotatable bonds is 7. The highest BCUT2D eigenvalue weighted by Gasteiger charge is 2.51. The molecule has 11 N–H and O–H groups in total. The van der Waals surface area contributed by atoms with E-state index in [1.165, 1.54) is 18.2 Å². The summed E-state index contributed by atoms with van der Waals surface area (Å²) in [6, 6.07) is 7.11. The first-order valence-electron chi connectivity index (χ1n) is 13.0. The van der Waals surface area contributed by atoms with Crippen LogP contribution in [-0.4, -0.2) is 131 Å². The fraction of sp³-hybridized carbons (Fsp3) is 0.444. The number of benzene rings is 2. The maximum absolute atomic E-state index is 11.2. The molecule has 5 rings (SSSR count). The van der Waals surface area contributed by atoms with Crippen LogP contribution >= 0.6 is 0 Å². The Morgan fingerprint density at radius 3 is 2.02 bits per heavy atom. The largest absolute Gasteiger partial charge is 0.507 e. The average molecular weight is 612 g/mol. The number of aliphatic hydroxyl groups is 7. The van der Waals surface area contributed by atoms with Crippen molar-refractivity contribution in [2.75, 3.05) is 13.2 Å². The summed E-state index contributed by atoms with van der Waals surface area (Å²) in [4.78, 5) is 0. The summed E-state index contributed by atoms with van der Waals surface area (Å²) in [6.07, 6.45) is -17.0. The van der Waals surface area contributed by atoms with E-state index in [0.29, 0.717) is 0 Å². The molecular formula is C27H31O16+. The lowest BCUT2D eigenvalue weighted by atomic mass is 9.97. The van der Waals surface area contributed by atoms with Crippen molar-refractivity contribution in [1.82, 2.24) is 0 Å². The molecule has 16 heteroatoms. The van der Waals surface area contributed by atoms with Crippen LogP contribution in [0.15, 0.2) is 40.8 Å². The van der Waals surface area contributed by atoms with E-state index >= 15 is 0 Å². The molecule has 43 heavy (non-hydrogen) atoms. The van der Waals surface area contributed by atoms with Crippen molar-refractivity contribution in [2.24, 2.45) is 0 Å². The number of phenolic OH excluding ortho intramolecular Hbond substituents is 4. The first kappa shape index (κ1) is 30.9. The molecule has 0 spiro atoms. The molecule has 0 amide bonds. The molecule has 2 fully saturated rings. The SMILES string of the molecule is OC[C@H]1O[C@@H](O[C@@H]2[C@@H](O)[C@H](Oc3cc4c(O)cc(O)cc4[o+]c3-c3ccc(O)c(O)c3)O[C@H](CO)[C@H]2O)[C@H](O)[C@@H](O)[C@@H]1O. The summed E-state index contributed by atoms with van der Waals surface area (Å²) in [7, 11) is 0. The lowest BCUT2D eigenvalue weighted by Gasteiger charge is -2.45. The van der Waals surface area contributed by atoms with E-state index in [4.69, 9.17) is 23.4 Å². The van der Waals surface area contributed by atoms with Gasteiger partial charge in [-0.05, 0) is 12.1 Å². The monoisotopic (exact) mass is 611 g/mol. The second kappa shape index (κ2) is 12.2. The molecule has 0 aliphatic carbocycles. The van der Waals surface area contributed by atoms with Gasteiger partial charge < -0.3 is 75.1 Å². The van der Waals surface area contributed by atoms with Crippen LogP contribution < -0.4 is 4.74 Å². The lowest BCUT2D eigenvalue weighted by Crippen LogP contribution is -2.65. The first-order valence-corrected chi connectivity index (χ1v) is 13.0. The second-order valence-electron chi connectivity index (χ2n) is 10.1. The minimum atomic E-state index is -1.89. The summed E-state index contributed by atoms with van der Waals surface area (Å²) in [5.41, 5.74) is 0.109. The van der Waals surface area contributed by atoms with E-state index in [9.17, 15) is 56.2 Å². The molecule has 0 unspecified atom stereocenters. The van der Waals surface area contributed by atoms with Crippen molar-refractivity contribution in [2.45, 2.75) is 61.4 Å². The summed E-state index contributed by atoms with van der Waals surface area (Å²) in [5.74, 6) is -2.07. The highest BCUT2D eigenvalue weighted by Crippen LogP contribution is 2.42. The van der Waals surface area contributed by atoms with Crippen molar-refractivity contribution in [1.29, 1.82) is 0 Å². The van der Waals surface area contributed by atoms with Crippen molar-refractivity contribution in [3.63, 3.8) is 0 Å². The number of fused-ring (bicyclic) bond motifs is 1. The van der Waals surface area contributed by atoms with Crippen LogP contribution in [0.3, 0.4) is 0 Å². The number of hydrogen-bond acceptors (Lipinski definition) is 15. The summed E-state index contributed by atoms with van der Waals surface area (Å²) >= 11 is 0. The van der Waals surface area contributed by atoms with Crippen LogP contribution in [0, 0.1) is 0 Å². The van der Waals surface area contributed by atoms with E-state index in [1.54, 1.807) is 0 Å². The van der Waals surface area contributed by atoms with Gasteiger partial charge in [0.1, 0.15) is 65.7 Å². The van der Waals surface area contributed by atoms with E-state index in [-0.39, 0.29) is 33.8 Å². The third kappa shape index (κ3) is 5.85. The predicted octanol–water partition coefficient (Wildman–Crippen LogP) is -1.79. The van der Waals surface area contributed by atoms with Gasteiger partial charge in [-0.2, -0.15) is 0 Å². The maximum atomic E-state index is 11.2. The van der Waals surface area contributed by atoms with Crippen LogP contribution in [0.1, 0.15) is 0 Å². The lowest BCUT2D eigenvalue weighted by molar-refractivity contribution is -0.352. The molecule has 16 nitrogen and oxygen atoms in total. The van der Waals surface area contributed by atoms with Gasteiger partial charge in [0.2, 0.25) is 12.0 Å². The van der Waals surface area contributed by atoms with E-state index < -0.39 is 91.9 Å². The quantitative estimate of drug-likeness (QED) is 0.104. The Hall–Kier alpha value is -3.55. The van der Waals surface area contributed by atoms with Gasteiger partial charge in [-0.3, -0.25) is 0 Å². The fourth-order valence-corrected chi connectivity index (χ4v) is 4.91. The van der Waals surface area contributed by atoms with Crippen molar-refractivity contribution in [3.8, 4) is 40.1 Å². The molecule has 10 atom stereocenters. The molecular weight excluding hydrogens is 580 g/mol. The van der Waals surface area contributed by atoms with Gasteiger partial charge in [-0.15, -0.1) is 0 Å².